The topological polar surface area (TPSA) is 66.5 Å². The van der Waals surface area contributed by atoms with Crippen molar-refractivity contribution in [2.75, 3.05) is 19.6 Å². The smallest absolute Gasteiger partial charge is 0.243 e. The predicted octanol–water partition coefficient (Wildman–Crippen LogP) is 2.59. The molecule has 1 N–H and O–H groups in total. The molecule has 5 nitrogen and oxygen atoms in total. The van der Waals surface area contributed by atoms with Gasteiger partial charge in [-0.05, 0) is 49.1 Å². The molecule has 0 aliphatic carbocycles. The number of piperidine rings is 1. The van der Waals surface area contributed by atoms with Crippen molar-refractivity contribution in [1.82, 2.24) is 9.62 Å². The lowest BCUT2D eigenvalue weighted by Gasteiger charge is -2.30. The summed E-state index contributed by atoms with van der Waals surface area (Å²) in [5, 5.41) is 2.90. The Kier molecular flexibility index (Phi) is 6.23. The van der Waals surface area contributed by atoms with Gasteiger partial charge in [0.25, 0.3) is 0 Å². The molecule has 2 aromatic rings. The summed E-state index contributed by atoms with van der Waals surface area (Å²) >= 11 is 0. The van der Waals surface area contributed by atoms with Gasteiger partial charge in [0.15, 0.2) is 0 Å². The van der Waals surface area contributed by atoms with Gasteiger partial charge in [-0.1, -0.05) is 30.3 Å². The molecule has 1 fully saturated rings. The van der Waals surface area contributed by atoms with E-state index in [1.165, 1.54) is 16.4 Å². The first-order chi connectivity index (χ1) is 13.0. The molecular weight excluding hydrogens is 367 g/mol. The highest BCUT2D eigenvalue weighted by atomic mass is 32.2. The van der Waals surface area contributed by atoms with Crippen molar-refractivity contribution in [3.05, 3.63) is 66.0 Å². The molecule has 1 aliphatic rings. The van der Waals surface area contributed by atoms with Crippen LogP contribution in [0.5, 0.6) is 0 Å². The number of amides is 1. The van der Waals surface area contributed by atoms with E-state index >= 15 is 0 Å². The molecule has 1 saturated heterocycles. The molecule has 1 aliphatic heterocycles. The highest BCUT2D eigenvalue weighted by Crippen LogP contribution is 2.23. The zero-order valence-corrected chi connectivity index (χ0v) is 15.8. The van der Waals surface area contributed by atoms with Crippen LogP contribution in [-0.2, 0) is 21.2 Å². The lowest BCUT2D eigenvalue weighted by Crippen LogP contribution is -2.43. The highest BCUT2D eigenvalue weighted by Gasteiger charge is 2.31. The SMILES string of the molecule is O=C(NCCc1ccc(F)cc1)C1CCN(S(=O)(=O)c2ccccc2)CC1. The molecule has 3 rings (SSSR count). The number of sulfonamides is 1. The van der Waals surface area contributed by atoms with Gasteiger partial charge < -0.3 is 5.32 Å². The van der Waals surface area contributed by atoms with Crippen molar-refractivity contribution >= 4 is 15.9 Å². The van der Waals surface area contributed by atoms with Gasteiger partial charge in [-0.25, -0.2) is 12.8 Å². The number of carbonyl (C=O) groups is 1. The number of nitrogens with one attached hydrogen (secondary N) is 1. The summed E-state index contributed by atoms with van der Waals surface area (Å²) in [4.78, 5) is 12.6. The van der Waals surface area contributed by atoms with Crippen LogP contribution in [-0.4, -0.2) is 38.3 Å². The van der Waals surface area contributed by atoms with Gasteiger partial charge in [-0.3, -0.25) is 4.79 Å². The summed E-state index contributed by atoms with van der Waals surface area (Å²) in [6.07, 6.45) is 1.65. The summed E-state index contributed by atoms with van der Waals surface area (Å²) in [5.41, 5.74) is 0.959. The molecule has 27 heavy (non-hydrogen) atoms. The number of halogens is 1. The maximum Gasteiger partial charge on any atom is 0.243 e. The van der Waals surface area contributed by atoms with E-state index in [2.05, 4.69) is 5.32 Å². The van der Waals surface area contributed by atoms with Crippen molar-refractivity contribution in [3.8, 4) is 0 Å². The summed E-state index contributed by atoms with van der Waals surface area (Å²) in [6, 6.07) is 14.6. The minimum Gasteiger partial charge on any atom is -0.356 e. The molecule has 0 atom stereocenters. The number of rotatable bonds is 6. The number of carbonyl (C=O) groups excluding carboxylic acids is 1. The van der Waals surface area contributed by atoms with E-state index in [0.29, 0.717) is 38.9 Å². The maximum atomic E-state index is 12.9. The molecule has 0 bridgehead atoms. The van der Waals surface area contributed by atoms with Crippen molar-refractivity contribution in [1.29, 1.82) is 0 Å². The fraction of sp³-hybridized carbons (Fsp3) is 0.350. The Morgan fingerprint density at radius 3 is 2.30 bits per heavy atom. The lowest BCUT2D eigenvalue weighted by atomic mass is 9.97. The molecule has 0 saturated carbocycles. The average molecular weight is 390 g/mol. The molecule has 7 heteroatoms. The quantitative estimate of drug-likeness (QED) is 0.824. The Morgan fingerprint density at radius 2 is 1.67 bits per heavy atom. The van der Waals surface area contributed by atoms with E-state index < -0.39 is 10.0 Å². The van der Waals surface area contributed by atoms with E-state index in [0.717, 1.165) is 5.56 Å². The van der Waals surface area contributed by atoms with Gasteiger partial charge in [0, 0.05) is 25.6 Å². The van der Waals surface area contributed by atoms with E-state index in [4.69, 9.17) is 0 Å². The third-order valence-corrected chi connectivity index (χ3v) is 6.74. The zero-order chi connectivity index (χ0) is 19.3. The molecule has 1 amide bonds. The van der Waals surface area contributed by atoms with E-state index in [1.807, 2.05) is 0 Å². The fourth-order valence-corrected chi connectivity index (χ4v) is 4.72. The summed E-state index contributed by atoms with van der Waals surface area (Å²) < 4.78 is 39.6. The standard InChI is InChI=1S/C20H23FN2O3S/c21-18-8-6-16(7-9-18)10-13-22-20(24)17-11-14-23(15-12-17)27(25,26)19-4-2-1-3-5-19/h1-9,17H,10-15H2,(H,22,24). The van der Waals surface area contributed by atoms with E-state index in [9.17, 15) is 17.6 Å². The van der Waals surface area contributed by atoms with Crippen molar-refractivity contribution in [2.45, 2.75) is 24.2 Å². The lowest BCUT2D eigenvalue weighted by molar-refractivity contribution is -0.126. The van der Waals surface area contributed by atoms with Crippen molar-refractivity contribution in [3.63, 3.8) is 0 Å². The average Bonchev–Trinajstić information content (AvgIpc) is 2.70. The second kappa shape index (κ2) is 8.63. The molecule has 0 radical (unpaired) electrons. The van der Waals surface area contributed by atoms with Gasteiger partial charge >= 0.3 is 0 Å². The van der Waals surface area contributed by atoms with Gasteiger partial charge in [-0.2, -0.15) is 4.31 Å². The third-order valence-electron chi connectivity index (χ3n) is 4.83. The third kappa shape index (κ3) is 4.93. The molecular formula is C20H23FN2O3S. The maximum absolute atomic E-state index is 12.9. The monoisotopic (exact) mass is 390 g/mol. The first-order valence-electron chi connectivity index (χ1n) is 9.04. The first-order valence-corrected chi connectivity index (χ1v) is 10.5. The summed E-state index contributed by atoms with van der Waals surface area (Å²) in [5.74, 6) is -0.505. The number of hydrogen-bond donors (Lipinski definition) is 1. The Morgan fingerprint density at radius 1 is 1.04 bits per heavy atom. The highest BCUT2D eigenvalue weighted by molar-refractivity contribution is 7.89. The van der Waals surface area contributed by atoms with Gasteiger partial charge in [0.1, 0.15) is 5.82 Å². The fourth-order valence-electron chi connectivity index (χ4n) is 3.23. The Labute approximate surface area is 159 Å². The van der Waals surface area contributed by atoms with Crippen LogP contribution < -0.4 is 5.32 Å². The van der Waals surface area contributed by atoms with Crippen LogP contribution >= 0.6 is 0 Å². The van der Waals surface area contributed by atoms with Crippen LogP contribution in [0.4, 0.5) is 4.39 Å². The second-order valence-electron chi connectivity index (χ2n) is 6.66. The van der Waals surface area contributed by atoms with Crippen molar-refractivity contribution in [2.24, 2.45) is 5.92 Å². The minimum atomic E-state index is -3.50. The Bertz CT molecular complexity index is 862. The Hall–Kier alpha value is -2.25. The molecule has 2 aromatic carbocycles. The second-order valence-corrected chi connectivity index (χ2v) is 8.60. The van der Waals surface area contributed by atoms with Gasteiger partial charge in [0.2, 0.25) is 15.9 Å². The van der Waals surface area contributed by atoms with E-state index in [1.54, 1.807) is 42.5 Å². The molecule has 1 heterocycles. The van der Waals surface area contributed by atoms with Crippen molar-refractivity contribution < 1.29 is 17.6 Å². The largest absolute Gasteiger partial charge is 0.356 e. The van der Waals surface area contributed by atoms with Gasteiger partial charge in [0.05, 0.1) is 4.90 Å². The molecule has 0 spiro atoms. The normalized spacial score (nSPS) is 16.2. The number of hydrogen-bond acceptors (Lipinski definition) is 3. The van der Waals surface area contributed by atoms with Crippen LogP contribution in [0.15, 0.2) is 59.5 Å². The van der Waals surface area contributed by atoms with Crippen LogP contribution in [0.3, 0.4) is 0 Å². The first kappa shape index (κ1) is 19.5. The zero-order valence-electron chi connectivity index (χ0n) is 15.0. The van der Waals surface area contributed by atoms with Crippen LogP contribution in [0.25, 0.3) is 0 Å². The van der Waals surface area contributed by atoms with Crippen LogP contribution in [0.2, 0.25) is 0 Å². The number of benzene rings is 2. The molecule has 144 valence electrons. The Balaban J connectivity index is 1.47. The molecule has 0 aromatic heterocycles. The minimum absolute atomic E-state index is 0.0473. The van der Waals surface area contributed by atoms with Crippen LogP contribution in [0, 0.1) is 11.7 Å². The molecule has 0 unspecified atom stereocenters. The predicted molar refractivity (Wildman–Crippen MR) is 101 cm³/mol. The van der Waals surface area contributed by atoms with E-state index in [-0.39, 0.29) is 22.5 Å². The summed E-state index contributed by atoms with van der Waals surface area (Å²) in [6.45, 7) is 1.16. The summed E-state index contributed by atoms with van der Waals surface area (Å²) in [7, 11) is -3.50. The van der Waals surface area contributed by atoms with Gasteiger partial charge in [-0.15, -0.1) is 0 Å². The number of nitrogens with zero attached hydrogens (tertiary/aromatic N) is 1. The van der Waals surface area contributed by atoms with Crippen LogP contribution in [0.1, 0.15) is 18.4 Å².